The van der Waals surface area contributed by atoms with Crippen LogP contribution in [0.5, 0.6) is 0 Å². The van der Waals surface area contributed by atoms with Crippen molar-refractivity contribution in [2.75, 3.05) is 6.54 Å². The monoisotopic (exact) mass is 207 g/mol. The summed E-state index contributed by atoms with van der Waals surface area (Å²) in [5, 5.41) is 3.24. The maximum atomic E-state index is 13.4. The smallest absolute Gasteiger partial charge is 0.127 e. The Kier molecular flexibility index (Phi) is 3.37. The Hall–Kier alpha value is -0.890. The highest BCUT2D eigenvalue weighted by atomic mass is 19.1. The summed E-state index contributed by atoms with van der Waals surface area (Å²) in [4.78, 5) is 0. The van der Waals surface area contributed by atoms with Gasteiger partial charge in [-0.15, -0.1) is 0 Å². The molecule has 1 saturated carbocycles. The van der Waals surface area contributed by atoms with E-state index < -0.39 is 0 Å². The van der Waals surface area contributed by atoms with Gasteiger partial charge < -0.3 is 5.32 Å². The van der Waals surface area contributed by atoms with Crippen molar-refractivity contribution in [2.24, 2.45) is 0 Å². The van der Waals surface area contributed by atoms with Gasteiger partial charge in [0.2, 0.25) is 0 Å². The third kappa shape index (κ3) is 2.78. The fourth-order valence-electron chi connectivity index (χ4n) is 1.80. The van der Waals surface area contributed by atoms with Crippen LogP contribution in [0.4, 0.5) is 4.39 Å². The first-order chi connectivity index (χ1) is 7.31. The molecule has 0 atom stereocenters. The van der Waals surface area contributed by atoms with E-state index in [0.717, 1.165) is 18.5 Å². The number of nitrogens with one attached hydrogen (secondary N) is 1. The molecule has 82 valence electrons. The highest BCUT2D eigenvalue weighted by Gasteiger charge is 2.23. The fourth-order valence-corrected chi connectivity index (χ4v) is 1.80. The van der Waals surface area contributed by atoms with Crippen LogP contribution in [0.3, 0.4) is 0 Å². The maximum absolute atomic E-state index is 13.4. The molecule has 0 radical (unpaired) electrons. The van der Waals surface area contributed by atoms with Gasteiger partial charge in [-0.25, -0.2) is 4.39 Å². The molecular weight excluding hydrogens is 189 g/mol. The van der Waals surface area contributed by atoms with Crippen LogP contribution in [-0.2, 0) is 6.54 Å². The van der Waals surface area contributed by atoms with Gasteiger partial charge in [0.15, 0.2) is 0 Å². The summed E-state index contributed by atoms with van der Waals surface area (Å²) in [5.41, 5.74) is 2.12. The quantitative estimate of drug-likeness (QED) is 0.731. The minimum absolute atomic E-state index is 0.0806. The average molecular weight is 207 g/mol. The molecule has 0 aromatic heterocycles. The van der Waals surface area contributed by atoms with E-state index >= 15 is 0 Å². The summed E-state index contributed by atoms with van der Waals surface area (Å²) in [6.45, 7) is 3.72. The number of benzene rings is 1. The predicted octanol–water partition coefficient (Wildman–Crippen LogP) is 3.20. The molecule has 1 fully saturated rings. The number of rotatable bonds is 5. The zero-order chi connectivity index (χ0) is 10.7. The zero-order valence-electron chi connectivity index (χ0n) is 9.22. The molecule has 1 aromatic rings. The molecule has 0 heterocycles. The molecule has 0 aliphatic heterocycles. The highest BCUT2D eigenvalue weighted by Crippen LogP contribution is 2.40. The topological polar surface area (TPSA) is 12.0 Å². The Morgan fingerprint density at radius 1 is 1.40 bits per heavy atom. The predicted molar refractivity (Wildman–Crippen MR) is 60.4 cm³/mol. The Morgan fingerprint density at radius 3 is 2.87 bits per heavy atom. The Labute approximate surface area is 90.7 Å². The number of halogens is 1. The normalized spacial score (nSPS) is 15.6. The largest absolute Gasteiger partial charge is 0.313 e. The van der Waals surface area contributed by atoms with Gasteiger partial charge in [0.1, 0.15) is 5.82 Å². The number of hydrogen-bond donors (Lipinski definition) is 1. The first-order valence-corrected chi connectivity index (χ1v) is 5.80. The molecule has 2 heteroatoms. The van der Waals surface area contributed by atoms with E-state index in [1.165, 1.54) is 18.4 Å². The van der Waals surface area contributed by atoms with Crippen molar-refractivity contribution in [3.05, 3.63) is 35.1 Å². The van der Waals surface area contributed by atoms with E-state index in [-0.39, 0.29) is 5.82 Å². The molecular formula is C13H18FN. The lowest BCUT2D eigenvalue weighted by molar-refractivity contribution is 0.585. The SMILES string of the molecule is CCCNCc1cc(C2CC2)ccc1F. The van der Waals surface area contributed by atoms with E-state index in [4.69, 9.17) is 0 Å². The first-order valence-electron chi connectivity index (χ1n) is 5.80. The van der Waals surface area contributed by atoms with Crippen molar-refractivity contribution < 1.29 is 4.39 Å². The summed E-state index contributed by atoms with van der Waals surface area (Å²) in [6, 6.07) is 5.56. The van der Waals surface area contributed by atoms with Gasteiger partial charge in [0.25, 0.3) is 0 Å². The van der Waals surface area contributed by atoms with Crippen LogP contribution in [0.1, 0.15) is 43.2 Å². The van der Waals surface area contributed by atoms with Crippen LogP contribution in [0.25, 0.3) is 0 Å². The lowest BCUT2D eigenvalue weighted by Crippen LogP contribution is -2.15. The number of hydrogen-bond acceptors (Lipinski definition) is 1. The highest BCUT2D eigenvalue weighted by molar-refractivity contribution is 5.30. The van der Waals surface area contributed by atoms with Crippen LogP contribution in [0.15, 0.2) is 18.2 Å². The second-order valence-corrected chi connectivity index (χ2v) is 4.30. The molecule has 1 aliphatic rings. The molecule has 0 bridgehead atoms. The lowest BCUT2D eigenvalue weighted by Gasteiger charge is -2.07. The minimum Gasteiger partial charge on any atom is -0.313 e. The summed E-state index contributed by atoms with van der Waals surface area (Å²) in [5.74, 6) is 0.624. The van der Waals surface area contributed by atoms with Gasteiger partial charge in [-0.3, -0.25) is 0 Å². The summed E-state index contributed by atoms with van der Waals surface area (Å²) in [6.07, 6.45) is 3.63. The van der Waals surface area contributed by atoms with Crippen molar-refractivity contribution >= 4 is 0 Å². The molecule has 0 spiro atoms. The van der Waals surface area contributed by atoms with E-state index in [2.05, 4.69) is 12.2 Å². The van der Waals surface area contributed by atoms with Crippen LogP contribution >= 0.6 is 0 Å². The average Bonchev–Trinajstić information content (AvgIpc) is 3.05. The standard InChI is InChI=1S/C13H18FN/c1-2-7-15-9-12-8-11(10-3-4-10)5-6-13(12)14/h5-6,8,10,15H,2-4,7,9H2,1H3. The van der Waals surface area contributed by atoms with Crippen LogP contribution in [-0.4, -0.2) is 6.54 Å². The van der Waals surface area contributed by atoms with Gasteiger partial charge in [0, 0.05) is 12.1 Å². The molecule has 1 nitrogen and oxygen atoms in total. The minimum atomic E-state index is -0.0806. The van der Waals surface area contributed by atoms with Gasteiger partial charge in [-0.1, -0.05) is 19.1 Å². The molecule has 15 heavy (non-hydrogen) atoms. The van der Waals surface area contributed by atoms with E-state index in [1.54, 1.807) is 6.07 Å². The molecule has 1 N–H and O–H groups in total. The second-order valence-electron chi connectivity index (χ2n) is 4.30. The first kappa shape index (κ1) is 10.6. The van der Waals surface area contributed by atoms with Crippen LogP contribution in [0, 0.1) is 5.82 Å². The van der Waals surface area contributed by atoms with Crippen molar-refractivity contribution in [2.45, 2.75) is 38.6 Å². The molecule has 0 unspecified atom stereocenters. The molecule has 2 rings (SSSR count). The molecule has 1 aliphatic carbocycles. The summed E-state index contributed by atoms with van der Waals surface area (Å²) < 4.78 is 13.4. The van der Waals surface area contributed by atoms with Gasteiger partial charge in [-0.05, 0) is 43.4 Å². The zero-order valence-corrected chi connectivity index (χ0v) is 9.22. The molecule has 0 saturated heterocycles. The summed E-state index contributed by atoms with van der Waals surface area (Å²) in [7, 11) is 0. The Balaban J connectivity index is 2.03. The van der Waals surface area contributed by atoms with Crippen LogP contribution < -0.4 is 5.32 Å². The van der Waals surface area contributed by atoms with E-state index in [1.807, 2.05) is 12.1 Å². The van der Waals surface area contributed by atoms with Gasteiger partial charge in [-0.2, -0.15) is 0 Å². The van der Waals surface area contributed by atoms with Crippen molar-refractivity contribution in [3.63, 3.8) is 0 Å². The Bertz CT molecular complexity index is 331. The van der Waals surface area contributed by atoms with E-state index in [0.29, 0.717) is 12.5 Å². The lowest BCUT2D eigenvalue weighted by atomic mass is 10.1. The third-order valence-corrected chi connectivity index (χ3v) is 2.86. The summed E-state index contributed by atoms with van der Waals surface area (Å²) >= 11 is 0. The molecule has 1 aromatic carbocycles. The van der Waals surface area contributed by atoms with Gasteiger partial charge >= 0.3 is 0 Å². The van der Waals surface area contributed by atoms with Gasteiger partial charge in [0.05, 0.1) is 0 Å². The molecule has 0 amide bonds. The van der Waals surface area contributed by atoms with Crippen molar-refractivity contribution in [1.82, 2.24) is 5.32 Å². The van der Waals surface area contributed by atoms with E-state index in [9.17, 15) is 4.39 Å². The Morgan fingerprint density at radius 2 is 2.20 bits per heavy atom. The van der Waals surface area contributed by atoms with Crippen molar-refractivity contribution in [3.8, 4) is 0 Å². The second kappa shape index (κ2) is 4.75. The van der Waals surface area contributed by atoms with Crippen LogP contribution in [0.2, 0.25) is 0 Å². The fraction of sp³-hybridized carbons (Fsp3) is 0.538. The third-order valence-electron chi connectivity index (χ3n) is 2.86. The van der Waals surface area contributed by atoms with Crippen molar-refractivity contribution in [1.29, 1.82) is 0 Å². The maximum Gasteiger partial charge on any atom is 0.127 e.